The van der Waals surface area contributed by atoms with Crippen molar-refractivity contribution < 1.29 is 0 Å². The third-order valence-corrected chi connectivity index (χ3v) is 2.28. The summed E-state index contributed by atoms with van der Waals surface area (Å²) in [6, 6.07) is 4.11. The van der Waals surface area contributed by atoms with Gasteiger partial charge in [0.05, 0.1) is 0 Å². The van der Waals surface area contributed by atoms with Crippen molar-refractivity contribution >= 4 is 16.6 Å². The highest BCUT2D eigenvalue weighted by Gasteiger charge is 2.01. The fourth-order valence-electron chi connectivity index (χ4n) is 1.43. The van der Waals surface area contributed by atoms with Gasteiger partial charge in [-0.15, -0.1) is 0 Å². The van der Waals surface area contributed by atoms with Crippen LogP contribution in [-0.4, -0.2) is 4.98 Å². The lowest BCUT2D eigenvalue weighted by Crippen LogP contribution is -1.88. The number of hydrogen-bond acceptors (Lipinski definition) is 1. The maximum Gasteiger partial charge on any atom is 0.0477 e. The van der Waals surface area contributed by atoms with Crippen LogP contribution >= 0.6 is 0 Å². The van der Waals surface area contributed by atoms with Crippen LogP contribution < -0.4 is 5.73 Å². The standard InChI is InChI=1S/C10H12N2/c1-6-3-8-7(2)5-12-10(8)4-9(6)11/h3-5,12H,11H2,1-2H3. The highest BCUT2D eigenvalue weighted by molar-refractivity contribution is 5.86. The van der Waals surface area contributed by atoms with Crippen LogP contribution in [0.3, 0.4) is 0 Å². The van der Waals surface area contributed by atoms with E-state index in [1.165, 1.54) is 10.9 Å². The molecule has 2 rings (SSSR count). The van der Waals surface area contributed by atoms with E-state index in [4.69, 9.17) is 5.73 Å². The Labute approximate surface area is 71.4 Å². The Morgan fingerprint density at radius 1 is 1.17 bits per heavy atom. The smallest absolute Gasteiger partial charge is 0.0477 e. The van der Waals surface area contributed by atoms with Crippen LogP contribution in [0.25, 0.3) is 10.9 Å². The summed E-state index contributed by atoms with van der Waals surface area (Å²) in [4.78, 5) is 3.18. The lowest BCUT2D eigenvalue weighted by atomic mass is 10.1. The van der Waals surface area contributed by atoms with Gasteiger partial charge in [0.2, 0.25) is 0 Å². The highest BCUT2D eigenvalue weighted by Crippen LogP contribution is 2.22. The Morgan fingerprint density at radius 2 is 1.92 bits per heavy atom. The number of aryl methyl sites for hydroxylation is 2. The average Bonchev–Trinajstić information content (AvgIpc) is 2.35. The Kier molecular flexibility index (Phi) is 1.37. The summed E-state index contributed by atoms with van der Waals surface area (Å²) in [5.74, 6) is 0. The molecule has 2 heteroatoms. The molecule has 0 saturated heterocycles. The van der Waals surface area contributed by atoms with Crippen LogP contribution in [-0.2, 0) is 0 Å². The predicted molar refractivity (Wildman–Crippen MR) is 52.2 cm³/mol. The Bertz CT molecular complexity index is 427. The van der Waals surface area contributed by atoms with E-state index in [1.54, 1.807) is 0 Å². The second-order valence-corrected chi connectivity index (χ2v) is 3.23. The summed E-state index contributed by atoms with van der Waals surface area (Å²) in [7, 11) is 0. The number of aromatic amines is 1. The van der Waals surface area contributed by atoms with Crippen LogP contribution in [0.15, 0.2) is 18.3 Å². The van der Waals surface area contributed by atoms with Crippen molar-refractivity contribution in [2.24, 2.45) is 0 Å². The topological polar surface area (TPSA) is 41.8 Å². The van der Waals surface area contributed by atoms with E-state index in [2.05, 4.69) is 18.0 Å². The van der Waals surface area contributed by atoms with Crippen molar-refractivity contribution in [3.8, 4) is 0 Å². The molecule has 1 heterocycles. The van der Waals surface area contributed by atoms with Crippen LogP contribution in [0, 0.1) is 13.8 Å². The summed E-state index contributed by atoms with van der Waals surface area (Å²) < 4.78 is 0. The van der Waals surface area contributed by atoms with Crippen LogP contribution in [0.1, 0.15) is 11.1 Å². The van der Waals surface area contributed by atoms with E-state index in [1.807, 2.05) is 19.2 Å². The first-order chi connectivity index (χ1) is 5.68. The molecule has 1 aromatic carbocycles. The number of nitrogen functional groups attached to an aromatic ring is 1. The third-order valence-electron chi connectivity index (χ3n) is 2.28. The molecule has 0 radical (unpaired) electrons. The van der Waals surface area contributed by atoms with E-state index in [0.29, 0.717) is 0 Å². The molecule has 0 bridgehead atoms. The van der Waals surface area contributed by atoms with Crippen molar-refractivity contribution in [2.75, 3.05) is 5.73 Å². The first-order valence-corrected chi connectivity index (χ1v) is 4.02. The number of fused-ring (bicyclic) bond motifs is 1. The van der Waals surface area contributed by atoms with Gasteiger partial charge in [0.25, 0.3) is 0 Å². The predicted octanol–water partition coefficient (Wildman–Crippen LogP) is 2.37. The molecule has 0 saturated carbocycles. The van der Waals surface area contributed by atoms with Crippen LogP contribution in [0.2, 0.25) is 0 Å². The number of H-pyrrole nitrogens is 1. The lowest BCUT2D eigenvalue weighted by molar-refractivity contribution is 1.42. The largest absolute Gasteiger partial charge is 0.398 e. The van der Waals surface area contributed by atoms with Crippen molar-refractivity contribution in [3.05, 3.63) is 29.5 Å². The average molecular weight is 160 g/mol. The zero-order chi connectivity index (χ0) is 8.72. The summed E-state index contributed by atoms with van der Waals surface area (Å²) in [5, 5.41) is 1.27. The van der Waals surface area contributed by atoms with Crippen LogP contribution in [0.4, 0.5) is 5.69 Å². The van der Waals surface area contributed by atoms with Gasteiger partial charge in [-0.3, -0.25) is 0 Å². The van der Waals surface area contributed by atoms with E-state index in [0.717, 1.165) is 16.8 Å². The van der Waals surface area contributed by atoms with E-state index >= 15 is 0 Å². The first kappa shape index (κ1) is 7.22. The lowest BCUT2D eigenvalue weighted by Gasteiger charge is -1.99. The maximum absolute atomic E-state index is 5.78. The SMILES string of the molecule is Cc1cc2c(C)c[nH]c2cc1N. The molecule has 2 aromatic rings. The van der Waals surface area contributed by atoms with Gasteiger partial charge in [-0.05, 0) is 37.1 Å². The number of rotatable bonds is 0. The molecule has 0 aliphatic heterocycles. The highest BCUT2D eigenvalue weighted by atomic mass is 14.7. The summed E-state index contributed by atoms with van der Waals surface area (Å²) in [6.45, 7) is 4.12. The molecule has 62 valence electrons. The van der Waals surface area contributed by atoms with Crippen molar-refractivity contribution in [1.82, 2.24) is 4.98 Å². The molecule has 0 aliphatic carbocycles. The van der Waals surface area contributed by atoms with Gasteiger partial charge in [0.15, 0.2) is 0 Å². The van der Waals surface area contributed by atoms with Crippen molar-refractivity contribution in [1.29, 1.82) is 0 Å². The Morgan fingerprint density at radius 3 is 2.67 bits per heavy atom. The molecule has 0 atom stereocenters. The zero-order valence-electron chi connectivity index (χ0n) is 7.31. The molecule has 1 aromatic heterocycles. The van der Waals surface area contributed by atoms with E-state index < -0.39 is 0 Å². The van der Waals surface area contributed by atoms with Gasteiger partial charge >= 0.3 is 0 Å². The Hall–Kier alpha value is -1.44. The molecule has 0 amide bonds. The summed E-state index contributed by atoms with van der Waals surface area (Å²) >= 11 is 0. The summed E-state index contributed by atoms with van der Waals surface area (Å²) in [6.07, 6.45) is 2.00. The fourth-order valence-corrected chi connectivity index (χ4v) is 1.43. The zero-order valence-corrected chi connectivity index (χ0v) is 7.31. The number of benzene rings is 1. The van der Waals surface area contributed by atoms with Gasteiger partial charge in [0, 0.05) is 22.8 Å². The number of aromatic nitrogens is 1. The number of anilines is 1. The number of hydrogen-bond donors (Lipinski definition) is 2. The quantitative estimate of drug-likeness (QED) is 0.571. The second-order valence-electron chi connectivity index (χ2n) is 3.23. The molecule has 2 nitrogen and oxygen atoms in total. The normalized spacial score (nSPS) is 10.8. The molecule has 3 N–H and O–H groups in total. The molecule has 0 spiro atoms. The van der Waals surface area contributed by atoms with Crippen molar-refractivity contribution in [2.45, 2.75) is 13.8 Å². The molecule has 0 unspecified atom stereocenters. The molecule has 0 aliphatic rings. The molecule has 12 heavy (non-hydrogen) atoms. The first-order valence-electron chi connectivity index (χ1n) is 4.02. The van der Waals surface area contributed by atoms with Gasteiger partial charge in [-0.2, -0.15) is 0 Å². The monoisotopic (exact) mass is 160 g/mol. The minimum absolute atomic E-state index is 0.851. The minimum atomic E-state index is 0.851. The number of nitrogens with two attached hydrogens (primary N) is 1. The van der Waals surface area contributed by atoms with Gasteiger partial charge < -0.3 is 10.7 Å². The molecular weight excluding hydrogens is 148 g/mol. The molecule has 0 fully saturated rings. The van der Waals surface area contributed by atoms with Gasteiger partial charge in [-0.1, -0.05) is 0 Å². The minimum Gasteiger partial charge on any atom is -0.398 e. The second kappa shape index (κ2) is 2.27. The van der Waals surface area contributed by atoms with E-state index in [9.17, 15) is 0 Å². The maximum atomic E-state index is 5.78. The molecular formula is C10H12N2. The Balaban J connectivity index is 2.87. The van der Waals surface area contributed by atoms with Crippen LogP contribution in [0.5, 0.6) is 0 Å². The third kappa shape index (κ3) is 0.881. The summed E-state index contributed by atoms with van der Waals surface area (Å²) in [5.41, 5.74) is 10.2. The number of nitrogens with one attached hydrogen (secondary N) is 1. The van der Waals surface area contributed by atoms with E-state index in [-0.39, 0.29) is 0 Å². The van der Waals surface area contributed by atoms with Gasteiger partial charge in [0.1, 0.15) is 0 Å². The van der Waals surface area contributed by atoms with Crippen molar-refractivity contribution in [3.63, 3.8) is 0 Å². The van der Waals surface area contributed by atoms with Gasteiger partial charge in [-0.25, -0.2) is 0 Å². The fraction of sp³-hybridized carbons (Fsp3) is 0.200.